The number of carbonyl (C=O) groups is 2. The van der Waals surface area contributed by atoms with Crippen LogP contribution < -0.4 is 0 Å². The molecule has 0 saturated carbocycles. The smallest absolute Gasteiger partial charge is 0.306 e. The van der Waals surface area contributed by atoms with Gasteiger partial charge in [-0.15, -0.1) is 0 Å². The van der Waals surface area contributed by atoms with Crippen molar-refractivity contribution in [1.82, 2.24) is 0 Å². The van der Waals surface area contributed by atoms with Gasteiger partial charge in [-0.2, -0.15) is 0 Å². The highest BCUT2D eigenvalue weighted by Gasteiger charge is 2.16. The average Bonchev–Trinajstić information content (AvgIpc) is 3.53. The van der Waals surface area contributed by atoms with Crippen molar-refractivity contribution in [2.45, 2.75) is 392 Å². The zero-order chi connectivity index (χ0) is 61.9. The third-order valence-corrected chi connectivity index (χ3v) is 16.9. The van der Waals surface area contributed by atoms with Crippen LogP contribution in [0.15, 0.2) is 97.2 Å². The lowest BCUT2D eigenvalue weighted by molar-refractivity contribution is -0.161. The van der Waals surface area contributed by atoms with Crippen molar-refractivity contribution < 1.29 is 24.2 Å². The van der Waals surface area contributed by atoms with E-state index in [1.54, 1.807) is 0 Å². The first kappa shape index (κ1) is 82.8. The lowest BCUT2D eigenvalue weighted by Crippen LogP contribution is -2.28. The van der Waals surface area contributed by atoms with Crippen molar-refractivity contribution in [1.29, 1.82) is 0 Å². The molecular formula is C81H144O5. The van der Waals surface area contributed by atoms with Gasteiger partial charge < -0.3 is 14.6 Å². The molecule has 0 amide bonds. The Morgan fingerprint density at radius 3 is 0.756 bits per heavy atom. The lowest BCUT2D eigenvalue weighted by Gasteiger charge is -2.15. The molecule has 5 nitrogen and oxygen atoms in total. The lowest BCUT2D eigenvalue weighted by atomic mass is 10.0. The molecule has 1 atom stereocenters. The number of allylic oxidation sites excluding steroid dienone is 16. The largest absolute Gasteiger partial charge is 0.462 e. The van der Waals surface area contributed by atoms with Gasteiger partial charge in [0.25, 0.3) is 0 Å². The molecule has 0 radical (unpaired) electrons. The molecule has 0 heterocycles. The third kappa shape index (κ3) is 73.3. The molecule has 0 spiro atoms. The second-order valence-corrected chi connectivity index (χ2v) is 25.3. The molecule has 1 unspecified atom stereocenters. The third-order valence-electron chi connectivity index (χ3n) is 16.9. The van der Waals surface area contributed by atoms with Gasteiger partial charge in [0.1, 0.15) is 6.61 Å². The fraction of sp³-hybridized carbons (Fsp3) is 0.778. The van der Waals surface area contributed by atoms with Gasteiger partial charge in [0.05, 0.1) is 6.61 Å². The molecule has 0 fully saturated rings. The van der Waals surface area contributed by atoms with Crippen LogP contribution in [-0.2, 0) is 19.1 Å². The number of carbonyl (C=O) groups excluding carboxylic acids is 2. The molecule has 0 aromatic rings. The molecule has 0 aliphatic rings. The molecular weight excluding hydrogens is 1050 g/mol. The summed E-state index contributed by atoms with van der Waals surface area (Å²) < 4.78 is 10.8. The van der Waals surface area contributed by atoms with Crippen LogP contribution in [0.1, 0.15) is 386 Å². The summed E-state index contributed by atoms with van der Waals surface area (Å²) in [5.74, 6) is -0.572. The van der Waals surface area contributed by atoms with E-state index in [9.17, 15) is 14.7 Å². The summed E-state index contributed by atoms with van der Waals surface area (Å²) in [5.41, 5.74) is 0. The summed E-state index contributed by atoms with van der Waals surface area (Å²) >= 11 is 0. The Morgan fingerprint density at radius 2 is 0.500 bits per heavy atom. The highest BCUT2D eigenvalue weighted by molar-refractivity contribution is 5.70. The van der Waals surface area contributed by atoms with Crippen LogP contribution in [0.25, 0.3) is 0 Å². The van der Waals surface area contributed by atoms with E-state index in [0.717, 1.165) is 83.5 Å². The van der Waals surface area contributed by atoms with Gasteiger partial charge in [0.15, 0.2) is 6.10 Å². The minimum absolute atomic E-state index is 0.0631. The Labute approximate surface area is 536 Å². The SMILES string of the molecule is CC/C=C\C/C=C\C/C=C\C/C=C\C/C=C\C/C=C\CCCCCCCCCCCCCCCCCCCCC(=O)OC(CO)COC(=O)CCCCCCCCCCCCCCCCCCCCCCCCC/C=C\C/C=C\CCCCCCC. The Balaban J connectivity index is 3.41. The Hall–Kier alpha value is -3.18. The van der Waals surface area contributed by atoms with Gasteiger partial charge in [-0.1, -0.05) is 374 Å². The van der Waals surface area contributed by atoms with E-state index in [-0.39, 0.29) is 25.2 Å². The maximum absolute atomic E-state index is 12.4. The predicted octanol–water partition coefficient (Wildman–Crippen LogP) is 26.5. The van der Waals surface area contributed by atoms with Crippen LogP contribution in [0, 0.1) is 0 Å². The average molecular weight is 1200 g/mol. The second-order valence-electron chi connectivity index (χ2n) is 25.3. The standard InChI is InChI=1S/C81H144O5/c1-3-5-7-9-11-13-15-17-19-21-23-25-27-29-31-33-35-37-39-40-42-44-46-48-50-52-54-56-58-60-62-64-66-68-70-72-74-76-81(84)86-79(77-82)78-85-80(83)75-73-71-69-67-65-63-61-59-57-55-53-51-49-47-45-43-41-38-36-34-32-30-28-26-24-22-20-18-16-14-12-10-8-6-4-2/h5,7,11,13,16-19,22-25,29,31,35,37,79,82H,3-4,6,8-10,12,14-15,20-21,26-28,30,32-34,36,38-78H2,1-2H3/b7-5-,13-11-,18-16-,19-17-,24-22-,25-23-,31-29-,37-35-. The van der Waals surface area contributed by atoms with E-state index in [2.05, 4.69) is 111 Å². The van der Waals surface area contributed by atoms with Crippen LogP contribution in [0.3, 0.4) is 0 Å². The topological polar surface area (TPSA) is 72.8 Å². The van der Waals surface area contributed by atoms with Crippen molar-refractivity contribution in [3.05, 3.63) is 97.2 Å². The highest BCUT2D eigenvalue weighted by Crippen LogP contribution is 2.19. The first-order valence-electron chi connectivity index (χ1n) is 37.8. The van der Waals surface area contributed by atoms with Gasteiger partial charge in [0, 0.05) is 12.8 Å². The van der Waals surface area contributed by atoms with Gasteiger partial charge in [0.2, 0.25) is 0 Å². The zero-order valence-corrected chi connectivity index (χ0v) is 57.3. The Morgan fingerprint density at radius 1 is 0.279 bits per heavy atom. The monoisotopic (exact) mass is 1200 g/mol. The second kappa shape index (κ2) is 76.1. The number of hydrogen-bond donors (Lipinski definition) is 1. The van der Waals surface area contributed by atoms with Crippen LogP contribution >= 0.6 is 0 Å². The number of esters is 2. The molecule has 0 bridgehead atoms. The quantitative estimate of drug-likeness (QED) is 0.0373. The van der Waals surface area contributed by atoms with Crippen LogP contribution in [-0.4, -0.2) is 36.4 Å². The zero-order valence-electron chi connectivity index (χ0n) is 57.3. The molecule has 0 aliphatic heterocycles. The molecule has 0 aromatic carbocycles. The predicted molar refractivity (Wildman–Crippen MR) is 380 cm³/mol. The number of rotatable bonds is 70. The molecule has 0 aromatic heterocycles. The number of ether oxygens (including phenoxy) is 2. The minimum Gasteiger partial charge on any atom is -0.462 e. The highest BCUT2D eigenvalue weighted by atomic mass is 16.6. The van der Waals surface area contributed by atoms with E-state index in [0.29, 0.717) is 12.8 Å². The molecule has 5 heteroatoms. The summed E-state index contributed by atoms with van der Waals surface area (Å²) in [7, 11) is 0. The molecule has 1 N–H and O–H groups in total. The van der Waals surface area contributed by atoms with Crippen LogP contribution in [0.4, 0.5) is 0 Å². The van der Waals surface area contributed by atoms with Crippen molar-refractivity contribution >= 4 is 11.9 Å². The number of aliphatic hydroxyl groups excluding tert-OH is 1. The first-order chi connectivity index (χ1) is 42.6. The van der Waals surface area contributed by atoms with Crippen molar-refractivity contribution in [2.24, 2.45) is 0 Å². The fourth-order valence-corrected chi connectivity index (χ4v) is 11.2. The van der Waals surface area contributed by atoms with Gasteiger partial charge >= 0.3 is 11.9 Å². The summed E-state index contributed by atoms with van der Waals surface area (Å²) in [6, 6.07) is 0. The van der Waals surface area contributed by atoms with Crippen LogP contribution in [0.2, 0.25) is 0 Å². The van der Waals surface area contributed by atoms with E-state index < -0.39 is 6.10 Å². The summed E-state index contributed by atoms with van der Waals surface area (Å²) in [4.78, 5) is 24.7. The summed E-state index contributed by atoms with van der Waals surface area (Å²) in [5, 5.41) is 9.72. The van der Waals surface area contributed by atoms with Crippen molar-refractivity contribution in [3.8, 4) is 0 Å². The maximum atomic E-state index is 12.4. The van der Waals surface area contributed by atoms with Gasteiger partial charge in [-0.3, -0.25) is 9.59 Å². The van der Waals surface area contributed by atoms with Crippen molar-refractivity contribution in [3.63, 3.8) is 0 Å². The van der Waals surface area contributed by atoms with Crippen LogP contribution in [0.5, 0.6) is 0 Å². The fourth-order valence-electron chi connectivity index (χ4n) is 11.2. The number of unbranched alkanes of at least 4 members (excludes halogenated alkanes) is 46. The molecule has 0 aliphatic carbocycles. The van der Waals surface area contributed by atoms with Crippen molar-refractivity contribution in [2.75, 3.05) is 13.2 Å². The maximum Gasteiger partial charge on any atom is 0.306 e. The van der Waals surface area contributed by atoms with E-state index >= 15 is 0 Å². The summed E-state index contributed by atoms with van der Waals surface area (Å²) in [6.45, 7) is 4.06. The Kier molecular flexibility index (Phi) is 73.3. The molecule has 0 saturated heterocycles. The van der Waals surface area contributed by atoms with Gasteiger partial charge in [-0.05, 0) is 96.3 Å². The number of hydrogen-bond acceptors (Lipinski definition) is 5. The summed E-state index contributed by atoms with van der Waals surface area (Å²) in [6.07, 6.45) is 109. The number of aliphatic hydroxyl groups is 1. The van der Waals surface area contributed by atoms with E-state index in [1.165, 1.54) is 276 Å². The van der Waals surface area contributed by atoms with E-state index in [1.807, 2.05) is 0 Å². The minimum atomic E-state index is -0.775. The molecule has 86 heavy (non-hydrogen) atoms. The molecule has 0 rings (SSSR count). The van der Waals surface area contributed by atoms with Gasteiger partial charge in [-0.25, -0.2) is 0 Å². The molecule has 498 valence electrons. The van der Waals surface area contributed by atoms with E-state index in [4.69, 9.17) is 9.47 Å². The first-order valence-corrected chi connectivity index (χ1v) is 37.8. The normalized spacial score (nSPS) is 12.7. The Bertz CT molecular complexity index is 1600.